The van der Waals surface area contributed by atoms with Gasteiger partial charge < -0.3 is 9.29 Å². The quantitative estimate of drug-likeness (QED) is 0.810. The molecule has 0 spiro atoms. The maximum atomic E-state index is 13.2. The number of pyridine rings is 1. The van der Waals surface area contributed by atoms with Crippen LogP contribution in [0.3, 0.4) is 0 Å². The Balaban J connectivity index is 2.11. The van der Waals surface area contributed by atoms with Gasteiger partial charge in [-0.25, -0.2) is 9.37 Å². The molecule has 1 unspecified atom stereocenters. The molecule has 2 atom stereocenters. The Morgan fingerprint density at radius 1 is 1.29 bits per heavy atom. The van der Waals surface area contributed by atoms with Crippen LogP contribution in [0, 0.1) is 12.7 Å². The Hall–Kier alpha value is -1.63. The second-order valence-electron chi connectivity index (χ2n) is 6.67. The zero-order valence-electron chi connectivity index (χ0n) is 14.6. The Morgan fingerprint density at radius 2 is 2.00 bits per heavy atom. The van der Waals surface area contributed by atoms with Gasteiger partial charge in [0.2, 0.25) is 5.88 Å². The van der Waals surface area contributed by atoms with Crippen molar-refractivity contribution in [2.75, 3.05) is 0 Å². The Kier molecular flexibility index (Phi) is 5.85. The second kappa shape index (κ2) is 7.51. The molecule has 4 nitrogen and oxygen atoms in total. The number of hydrogen-bond donors (Lipinski definition) is 1. The van der Waals surface area contributed by atoms with Crippen molar-refractivity contribution < 1.29 is 13.7 Å². The minimum absolute atomic E-state index is 0.112. The summed E-state index contributed by atoms with van der Waals surface area (Å²) < 4.78 is 33.8. The van der Waals surface area contributed by atoms with Crippen LogP contribution in [0.1, 0.15) is 44.9 Å². The van der Waals surface area contributed by atoms with Gasteiger partial charge in [0.1, 0.15) is 16.3 Å². The molecule has 1 N–H and O–H groups in total. The van der Waals surface area contributed by atoms with Crippen LogP contribution in [-0.2, 0) is 11.4 Å². The number of nitrogens with one attached hydrogen (secondary N) is 1. The first-order chi connectivity index (χ1) is 11.2. The summed E-state index contributed by atoms with van der Waals surface area (Å²) in [7, 11) is 0. The monoisotopic (exact) mass is 350 g/mol. The van der Waals surface area contributed by atoms with Crippen LogP contribution in [0.5, 0.6) is 11.6 Å². The summed E-state index contributed by atoms with van der Waals surface area (Å²) in [6.45, 7) is 9.57. The highest BCUT2D eigenvalue weighted by Gasteiger charge is 2.28. The van der Waals surface area contributed by atoms with Crippen LogP contribution in [0.4, 0.5) is 4.39 Å². The molecule has 6 heteroatoms. The van der Waals surface area contributed by atoms with Crippen LogP contribution in [0.15, 0.2) is 36.5 Å². The lowest BCUT2D eigenvalue weighted by Crippen LogP contribution is -2.40. The lowest BCUT2D eigenvalue weighted by atomic mass is 10.1. The van der Waals surface area contributed by atoms with Crippen molar-refractivity contribution in [3.05, 3.63) is 53.5 Å². The summed E-state index contributed by atoms with van der Waals surface area (Å²) in [5.41, 5.74) is 1.74. The molecule has 130 valence electrons. The normalized spacial score (nSPS) is 14.3. The van der Waals surface area contributed by atoms with Crippen molar-refractivity contribution in [3.63, 3.8) is 0 Å². The van der Waals surface area contributed by atoms with E-state index >= 15 is 0 Å². The van der Waals surface area contributed by atoms with Gasteiger partial charge in [0.05, 0.1) is 6.04 Å². The number of aromatic nitrogens is 1. The first-order valence-corrected chi connectivity index (χ1v) is 8.90. The van der Waals surface area contributed by atoms with Crippen molar-refractivity contribution in [2.45, 2.75) is 45.4 Å². The number of halogens is 1. The van der Waals surface area contributed by atoms with Gasteiger partial charge in [-0.05, 0) is 58.4 Å². The maximum Gasteiger partial charge on any atom is 0.222 e. The molecule has 0 aliphatic heterocycles. The van der Waals surface area contributed by atoms with E-state index in [9.17, 15) is 8.94 Å². The Morgan fingerprint density at radius 3 is 2.58 bits per heavy atom. The molecule has 0 saturated heterocycles. The summed E-state index contributed by atoms with van der Waals surface area (Å²) in [4.78, 5) is 4.31. The standard InChI is InChI=1S/C18H23FN2O2S/c1-12-9-14(13(2)21-24(22)18(3,4)5)11-20-17(12)23-16-8-6-7-15(19)10-16/h6-11,13,21H,1-5H3/t13-,24?/m1/s1. The molecule has 0 radical (unpaired) electrons. The largest absolute Gasteiger partial charge is 0.598 e. The van der Waals surface area contributed by atoms with Gasteiger partial charge in [-0.3, -0.25) is 0 Å². The van der Waals surface area contributed by atoms with E-state index in [0.717, 1.165) is 11.1 Å². The summed E-state index contributed by atoms with van der Waals surface area (Å²) in [5, 5.41) is 0. The number of rotatable bonds is 5. The smallest absolute Gasteiger partial charge is 0.222 e. The van der Waals surface area contributed by atoms with Crippen molar-refractivity contribution in [1.82, 2.24) is 9.71 Å². The number of nitrogens with zero attached hydrogens (tertiary/aromatic N) is 1. The summed E-state index contributed by atoms with van der Waals surface area (Å²) >= 11 is -1.16. The summed E-state index contributed by atoms with van der Waals surface area (Å²) in [6, 6.07) is 7.75. The van der Waals surface area contributed by atoms with E-state index < -0.39 is 11.4 Å². The molecule has 0 bridgehead atoms. The lowest BCUT2D eigenvalue weighted by Gasteiger charge is -2.26. The zero-order chi connectivity index (χ0) is 17.9. The van der Waals surface area contributed by atoms with E-state index in [1.165, 1.54) is 12.1 Å². The SMILES string of the molecule is Cc1cc([C@@H](C)N[S+]([O-])C(C)(C)C)cnc1Oc1cccc(F)c1. The third-order valence-electron chi connectivity index (χ3n) is 3.40. The first kappa shape index (κ1) is 18.7. The summed E-state index contributed by atoms with van der Waals surface area (Å²) in [5.74, 6) is 0.469. The fourth-order valence-corrected chi connectivity index (χ4v) is 2.79. The average Bonchev–Trinajstić information content (AvgIpc) is 2.48. The predicted octanol–water partition coefficient (Wildman–Crippen LogP) is 4.43. The first-order valence-electron chi connectivity index (χ1n) is 7.75. The van der Waals surface area contributed by atoms with Crippen LogP contribution >= 0.6 is 0 Å². The van der Waals surface area contributed by atoms with Gasteiger partial charge in [0.25, 0.3) is 0 Å². The molecule has 1 aromatic carbocycles. The van der Waals surface area contributed by atoms with Gasteiger partial charge in [-0.1, -0.05) is 6.07 Å². The highest BCUT2D eigenvalue weighted by atomic mass is 32.2. The van der Waals surface area contributed by atoms with E-state index in [2.05, 4.69) is 9.71 Å². The summed E-state index contributed by atoms with van der Waals surface area (Å²) in [6.07, 6.45) is 1.68. The van der Waals surface area contributed by atoms with Crippen molar-refractivity contribution in [3.8, 4) is 11.6 Å². The molecule has 0 amide bonds. The van der Waals surface area contributed by atoms with E-state index in [1.54, 1.807) is 18.3 Å². The van der Waals surface area contributed by atoms with E-state index in [-0.39, 0.29) is 16.6 Å². The van der Waals surface area contributed by atoms with Gasteiger partial charge in [-0.2, -0.15) is 0 Å². The Bertz CT molecular complexity index is 704. The topological polar surface area (TPSA) is 57.2 Å². The zero-order valence-corrected chi connectivity index (χ0v) is 15.4. The molecule has 1 aromatic heterocycles. The highest BCUT2D eigenvalue weighted by Crippen LogP contribution is 2.26. The predicted molar refractivity (Wildman–Crippen MR) is 94.9 cm³/mol. The number of benzene rings is 1. The van der Waals surface area contributed by atoms with E-state index in [1.807, 2.05) is 40.7 Å². The van der Waals surface area contributed by atoms with Gasteiger partial charge in [0.15, 0.2) is 0 Å². The molecule has 2 aromatic rings. The molecule has 0 fully saturated rings. The fourth-order valence-electron chi connectivity index (χ4n) is 1.98. The fraction of sp³-hybridized carbons (Fsp3) is 0.389. The van der Waals surface area contributed by atoms with E-state index in [0.29, 0.717) is 11.6 Å². The molecule has 0 saturated carbocycles. The lowest BCUT2D eigenvalue weighted by molar-refractivity contribution is 0.453. The van der Waals surface area contributed by atoms with Gasteiger partial charge in [-0.15, -0.1) is 4.72 Å². The molecular weight excluding hydrogens is 327 g/mol. The van der Waals surface area contributed by atoms with Crippen LogP contribution in [0.25, 0.3) is 0 Å². The van der Waals surface area contributed by atoms with E-state index in [4.69, 9.17) is 4.74 Å². The molecule has 24 heavy (non-hydrogen) atoms. The number of ether oxygens (including phenoxy) is 1. The average molecular weight is 350 g/mol. The van der Waals surface area contributed by atoms with Crippen LogP contribution in [-0.4, -0.2) is 14.3 Å². The van der Waals surface area contributed by atoms with Crippen LogP contribution in [0.2, 0.25) is 0 Å². The van der Waals surface area contributed by atoms with Gasteiger partial charge >= 0.3 is 0 Å². The van der Waals surface area contributed by atoms with Crippen molar-refractivity contribution in [1.29, 1.82) is 0 Å². The number of aryl methyl sites for hydroxylation is 1. The molecule has 0 aliphatic carbocycles. The third kappa shape index (κ3) is 4.93. The molecule has 1 heterocycles. The highest BCUT2D eigenvalue weighted by molar-refractivity contribution is 7.90. The van der Waals surface area contributed by atoms with Gasteiger partial charge in [0, 0.05) is 29.2 Å². The Labute approximate surface area is 145 Å². The number of hydrogen-bond acceptors (Lipinski definition) is 4. The van der Waals surface area contributed by atoms with Crippen molar-refractivity contribution >= 4 is 11.4 Å². The second-order valence-corrected chi connectivity index (χ2v) is 8.67. The third-order valence-corrected chi connectivity index (χ3v) is 5.08. The molecular formula is C18H23FN2O2S. The molecule has 0 aliphatic rings. The molecule has 2 rings (SSSR count). The minimum atomic E-state index is -1.16. The maximum absolute atomic E-state index is 13.2. The van der Waals surface area contributed by atoms with Crippen LogP contribution < -0.4 is 9.46 Å². The van der Waals surface area contributed by atoms with Crippen molar-refractivity contribution in [2.24, 2.45) is 0 Å². The minimum Gasteiger partial charge on any atom is -0.598 e.